The third-order valence-corrected chi connectivity index (χ3v) is 4.23. The van der Waals surface area contributed by atoms with Crippen LogP contribution in [-0.2, 0) is 4.79 Å². The number of rotatable bonds is 4. The number of carbonyl (C=O) groups is 2. The smallest absolute Gasteiger partial charge is 0.306 e. The van der Waals surface area contributed by atoms with Crippen LogP contribution in [0.15, 0.2) is 34.9 Å². The summed E-state index contributed by atoms with van der Waals surface area (Å²) in [6.45, 7) is 0.398. The molecule has 1 fully saturated rings. The molecule has 1 amide bonds. The number of hydrogen-bond donors (Lipinski definition) is 2. The lowest BCUT2D eigenvalue weighted by Crippen LogP contribution is -2.32. The van der Waals surface area contributed by atoms with E-state index in [9.17, 15) is 9.59 Å². The molecular formula is C16H17NO4. The number of nitrogens with one attached hydrogen (secondary N) is 1. The van der Waals surface area contributed by atoms with E-state index >= 15 is 0 Å². The SMILES string of the molecule is O=C(NCC1CCCC1C(=O)O)c1coc2ccccc12. The Bertz CT molecular complexity index is 676. The zero-order chi connectivity index (χ0) is 14.8. The second-order valence-electron chi connectivity index (χ2n) is 5.49. The Labute approximate surface area is 121 Å². The largest absolute Gasteiger partial charge is 0.481 e. The van der Waals surface area contributed by atoms with E-state index in [2.05, 4.69) is 5.32 Å². The Balaban J connectivity index is 1.68. The van der Waals surface area contributed by atoms with Gasteiger partial charge in [-0.05, 0) is 24.8 Å². The Kier molecular flexibility index (Phi) is 3.64. The Morgan fingerprint density at radius 1 is 1.29 bits per heavy atom. The number of benzene rings is 1. The monoisotopic (exact) mass is 287 g/mol. The number of furan rings is 1. The predicted molar refractivity (Wildman–Crippen MR) is 77.0 cm³/mol. The molecule has 1 aliphatic rings. The van der Waals surface area contributed by atoms with Crippen molar-refractivity contribution in [3.63, 3.8) is 0 Å². The van der Waals surface area contributed by atoms with Crippen molar-refractivity contribution in [3.8, 4) is 0 Å². The van der Waals surface area contributed by atoms with Crippen molar-refractivity contribution < 1.29 is 19.1 Å². The number of hydrogen-bond acceptors (Lipinski definition) is 3. The van der Waals surface area contributed by atoms with Gasteiger partial charge in [0.05, 0.1) is 11.5 Å². The van der Waals surface area contributed by atoms with E-state index in [4.69, 9.17) is 9.52 Å². The van der Waals surface area contributed by atoms with E-state index in [0.29, 0.717) is 24.1 Å². The molecule has 1 saturated carbocycles. The molecule has 1 heterocycles. The van der Waals surface area contributed by atoms with Gasteiger partial charge in [0, 0.05) is 11.9 Å². The molecule has 110 valence electrons. The molecule has 5 nitrogen and oxygen atoms in total. The summed E-state index contributed by atoms with van der Waals surface area (Å²) in [6.07, 6.45) is 3.91. The van der Waals surface area contributed by atoms with Gasteiger partial charge in [0.1, 0.15) is 11.8 Å². The minimum Gasteiger partial charge on any atom is -0.481 e. The molecule has 2 N–H and O–H groups in total. The lowest BCUT2D eigenvalue weighted by atomic mass is 9.96. The fourth-order valence-corrected chi connectivity index (χ4v) is 3.08. The summed E-state index contributed by atoms with van der Waals surface area (Å²) in [5, 5.41) is 12.8. The standard InChI is InChI=1S/C16H17NO4/c18-15(13-9-21-14-7-2-1-5-12(13)14)17-8-10-4-3-6-11(10)16(19)20/h1-2,5,7,9-11H,3-4,6,8H2,(H,17,18)(H,19,20). The van der Waals surface area contributed by atoms with Crippen LogP contribution in [-0.4, -0.2) is 23.5 Å². The van der Waals surface area contributed by atoms with Gasteiger partial charge in [-0.2, -0.15) is 0 Å². The highest BCUT2D eigenvalue weighted by atomic mass is 16.4. The number of carboxylic acids is 1. The van der Waals surface area contributed by atoms with Gasteiger partial charge in [-0.25, -0.2) is 0 Å². The van der Waals surface area contributed by atoms with Gasteiger partial charge in [-0.1, -0.05) is 24.6 Å². The minimum absolute atomic E-state index is 0.0182. The molecule has 5 heteroatoms. The molecule has 3 rings (SSSR count). The van der Waals surface area contributed by atoms with Gasteiger partial charge < -0.3 is 14.8 Å². The summed E-state index contributed by atoms with van der Waals surface area (Å²) in [7, 11) is 0. The summed E-state index contributed by atoms with van der Waals surface area (Å²) in [4.78, 5) is 23.4. The number of fused-ring (bicyclic) bond motifs is 1. The number of carboxylic acid groups (broad SMARTS) is 1. The quantitative estimate of drug-likeness (QED) is 0.906. The van der Waals surface area contributed by atoms with E-state index < -0.39 is 5.97 Å². The molecule has 0 saturated heterocycles. The van der Waals surface area contributed by atoms with Crippen LogP contribution in [0.3, 0.4) is 0 Å². The highest BCUT2D eigenvalue weighted by Crippen LogP contribution is 2.31. The summed E-state index contributed by atoms with van der Waals surface area (Å²) < 4.78 is 5.35. The molecule has 0 aliphatic heterocycles. The average molecular weight is 287 g/mol. The van der Waals surface area contributed by atoms with E-state index in [1.807, 2.05) is 24.3 Å². The topological polar surface area (TPSA) is 79.5 Å². The minimum atomic E-state index is -0.763. The van der Waals surface area contributed by atoms with E-state index in [1.165, 1.54) is 6.26 Å². The highest BCUT2D eigenvalue weighted by Gasteiger charge is 2.33. The van der Waals surface area contributed by atoms with Crippen molar-refractivity contribution in [1.82, 2.24) is 5.32 Å². The fraction of sp³-hybridized carbons (Fsp3) is 0.375. The van der Waals surface area contributed by atoms with Crippen molar-refractivity contribution in [1.29, 1.82) is 0 Å². The van der Waals surface area contributed by atoms with Gasteiger partial charge >= 0.3 is 5.97 Å². The van der Waals surface area contributed by atoms with Crippen molar-refractivity contribution in [2.24, 2.45) is 11.8 Å². The summed E-state index contributed by atoms with van der Waals surface area (Å²) in [5.74, 6) is -1.30. The molecule has 1 aromatic carbocycles. The first-order valence-electron chi connectivity index (χ1n) is 7.14. The number of para-hydroxylation sites is 1. The summed E-state index contributed by atoms with van der Waals surface area (Å²) >= 11 is 0. The molecule has 21 heavy (non-hydrogen) atoms. The maximum atomic E-state index is 12.2. The molecule has 0 radical (unpaired) electrons. The van der Waals surface area contributed by atoms with Crippen molar-refractivity contribution in [3.05, 3.63) is 36.1 Å². The van der Waals surface area contributed by atoms with Crippen molar-refractivity contribution >= 4 is 22.8 Å². The van der Waals surface area contributed by atoms with E-state index in [0.717, 1.165) is 18.2 Å². The molecule has 0 bridgehead atoms. The molecule has 2 unspecified atom stereocenters. The van der Waals surface area contributed by atoms with E-state index in [1.54, 1.807) is 0 Å². The van der Waals surface area contributed by atoms with Gasteiger partial charge in [0.2, 0.25) is 0 Å². The third-order valence-electron chi connectivity index (χ3n) is 4.23. The van der Waals surface area contributed by atoms with Crippen molar-refractivity contribution in [2.45, 2.75) is 19.3 Å². The molecular weight excluding hydrogens is 270 g/mol. The van der Waals surface area contributed by atoms with Crippen LogP contribution in [0.25, 0.3) is 11.0 Å². The highest BCUT2D eigenvalue weighted by molar-refractivity contribution is 6.05. The van der Waals surface area contributed by atoms with Crippen LogP contribution in [0.4, 0.5) is 0 Å². The number of amides is 1. The van der Waals surface area contributed by atoms with Gasteiger partial charge in [-0.3, -0.25) is 9.59 Å². The van der Waals surface area contributed by atoms with Gasteiger partial charge in [-0.15, -0.1) is 0 Å². The molecule has 2 atom stereocenters. The summed E-state index contributed by atoms with van der Waals surface area (Å²) in [6, 6.07) is 7.35. The lowest BCUT2D eigenvalue weighted by Gasteiger charge is -2.16. The molecule has 2 aromatic rings. The first-order chi connectivity index (χ1) is 10.2. The first kappa shape index (κ1) is 13.7. The maximum absolute atomic E-state index is 12.2. The fourth-order valence-electron chi connectivity index (χ4n) is 3.08. The molecule has 0 spiro atoms. The van der Waals surface area contributed by atoms with Crippen LogP contribution in [0.2, 0.25) is 0 Å². The van der Waals surface area contributed by atoms with Crippen LogP contribution < -0.4 is 5.32 Å². The Hall–Kier alpha value is -2.30. The zero-order valence-corrected chi connectivity index (χ0v) is 11.5. The van der Waals surface area contributed by atoms with E-state index in [-0.39, 0.29) is 17.7 Å². The maximum Gasteiger partial charge on any atom is 0.306 e. The Morgan fingerprint density at radius 3 is 2.90 bits per heavy atom. The van der Waals surface area contributed by atoms with Crippen LogP contribution in [0.1, 0.15) is 29.6 Å². The van der Waals surface area contributed by atoms with Gasteiger partial charge in [0.15, 0.2) is 0 Å². The molecule has 1 aliphatic carbocycles. The lowest BCUT2D eigenvalue weighted by molar-refractivity contribution is -0.142. The molecule has 1 aromatic heterocycles. The van der Waals surface area contributed by atoms with Gasteiger partial charge in [0.25, 0.3) is 5.91 Å². The second kappa shape index (κ2) is 5.60. The predicted octanol–water partition coefficient (Wildman–Crippen LogP) is 2.66. The first-order valence-corrected chi connectivity index (χ1v) is 7.14. The number of carbonyl (C=O) groups excluding carboxylic acids is 1. The Morgan fingerprint density at radius 2 is 2.10 bits per heavy atom. The van der Waals surface area contributed by atoms with Crippen LogP contribution in [0.5, 0.6) is 0 Å². The normalized spacial score (nSPS) is 21.5. The average Bonchev–Trinajstić information content (AvgIpc) is 3.11. The van der Waals surface area contributed by atoms with Crippen LogP contribution >= 0.6 is 0 Å². The summed E-state index contributed by atoms with van der Waals surface area (Å²) in [5.41, 5.74) is 1.17. The second-order valence-corrected chi connectivity index (χ2v) is 5.49. The zero-order valence-electron chi connectivity index (χ0n) is 11.5. The van der Waals surface area contributed by atoms with Crippen LogP contribution in [0, 0.1) is 11.8 Å². The van der Waals surface area contributed by atoms with Crippen molar-refractivity contribution in [2.75, 3.05) is 6.54 Å². The third kappa shape index (κ3) is 2.63. The number of aliphatic carboxylic acids is 1.